The Kier molecular flexibility index (Phi) is 4.28. The van der Waals surface area contributed by atoms with E-state index in [1.807, 2.05) is 0 Å². The zero-order valence-corrected chi connectivity index (χ0v) is 12.0. The van der Waals surface area contributed by atoms with Crippen molar-refractivity contribution >= 4 is 17.3 Å². The largest absolute Gasteiger partial charge is 0.446 e. The zero-order valence-electron chi connectivity index (χ0n) is 11.1. The quantitative estimate of drug-likeness (QED) is 0.475. The van der Waals surface area contributed by atoms with Crippen molar-refractivity contribution in [3.05, 3.63) is 46.8 Å². The number of allylic oxidation sites excluding steroid dienone is 4. The van der Waals surface area contributed by atoms with E-state index in [1.54, 1.807) is 26.0 Å². The van der Waals surface area contributed by atoms with Crippen LogP contribution in [0.2, 0.25) is 0 Å². The number of hydrogen-bond donors (Lipinski definition) is 0. The Morgan fingerprint density at radius 2 is 1.85 bits per heavy atom. The Bertz CT molecular complexity index is 582. The molecule has 5 heteroatoms. The van der Waals surface area contributed by atoms with Gasteiger partial charge in [0.2, 0.25) is 0 Å². The van der Waals surface area contributed by atoms with Crippen LogP contribution in [0.25, 0.3) is 5.57 Å². The van der Waals surface area contributed by atoms with Crippen LogP contribution < -0.4 is 0 Å². The van der Waals surface area contributed by atoms with Gasteiger partial charge in [-0.15, -0.1) is 0 Å². The summed E-state index contributed by atoms with van der Waals surface area (Å²) >= 11 is -0.176. The molecule has 0 unspecified atom stereocenters. The van der Waals surface area contributed by atoms with Crippen LogP contribution in [0.1, 0.15) is 30.9 Å². The summed E-state index contributed by atoms with van der Waals surface area (Å²) in [4.78, 5) is 0.0787. The molecule has 0 radical (unpaired) electrons. The van der Waals surface area contributed by atoms with Crippen molar-refractivity contribution in [2.24, 2.45) is 0 Å². The van der Waals surface area contributed by atoms with Crippen molar-refractivity contribution in [2.75, 3.05) is 0 Å². The van der Waals surface area contributed by atoms with Crippen LogP contribution >= 0.6 is 11.8 Å². The van der Waals surface area contributed by atoms with Gasteiger partial charge in [-0.1, -0.05) is 12.1 Å². The molecule has 1 aromatic rings. The van der Waals surface area contributed by atoms with E-state index in [0.29, 0.717) is 29.6 Å². The lowest BCUT2D eigenvalue weighted by molar-refractivity contribution is -0.0328. The van der Waals surface area contributed by atoms with Gasteiger partial charge in [-0.25, -0.2) is 4.39 Å². The molecule has 0 nitrogen and oxygen atoms in total. The summed E-state index contributed by atoms with van der Waals surface area (Å²) in [6.45, 7) is 3.49. The number of rotatable bonds is 2. The molecule has 20 heavy (non-hydrogen) atoms. The minimum Gasteiger partial charge on any atom is -0.206 e. The number of thioether (sulfide) groups is 1. The second-order valence-electron chi connectivity index (χ2n) is 4.78. The molecule has 0 aromatic heterocycles. The first-order chi connectivity index (χ1) is 9.28. The molecule has 1 aromatic carbocycles. The minimum atomic E-state index is -4.34. The predicted octanol–water partition coefficient (Wildman–Crippen LogP) is 6.03. The third-order valence-corrected chi connectivity index (χ3v) is 3.93. The second-order valence-corrected chi connectivity index (χ2v) is 5.91. The van der Waals surface area contributed by atoms with Crippen molar-refractivity contribution in [3.63, 3.8) is 0 Å². The van der Waals surface area contributed by atoms with Gasteiger partial charge < -0.3 is 0 Å². The summed E-state index contributed by atoms with van der Waals surface area (Å²) in [7, 11) is 0. The molecule has 108 valence electrons. The van der Waals surface area contributed by atoms with Crippen LogP contribution in [0.3, 0.4) is 0 Å². The minimum absolute atomic E-state index is 0.0787. The molecule has 0 saturated carbocycles. The molecule has 0 bridgehead atoms. The van der Waals surface area contributed by atoms with Crippen LogP contribution in [-0.2, 0) is 0 Å². The van der Waals surface area contributed by atoms with E-state index in [4.69, 9.17) is 0 Å². The highest BCUT2D eigenvalue weighted by molar-refractivity contribution is 8.00. The highest BCUT2D eigenvalue weighted by Gasteiger charge is 2.29. The molecule has 0 saturated heterocycles. The highest BCUT2D eigenvalue weighted by atomic mass is 32.2. The van der Waals surface area contributed by atoms with Crippen LogP contribution in [0.5, 0.6) is 0 Å². The van der Waals surface area contributed by atoms with E-state index in [-0.39, 0.29) is 22.5 Å². The lowest BCUT2D eigenvalue weighted by Gasteiger charge is -2.17. The Labute approximate surface area is 119 Å². The molecular formula is C15H14F4S. The summed E-state index contributed by atoms with van der Waals surface area (Å²) in [6, 6.07) is 4.42. The van der Waals surface area contributed by atoms with Gasteiger partial charge in [-0.3, -0.25) is 0 Å². The van der Waals surface area contributed by atoms with Gasteiger partial charge in [0.25, 0.3) is 0 Å². The number of aryl methyl sites for hydroxylation is 1. The van der Waals surface area contributed by atoms with Gasteiger partial charge in [0.15, 0.2) is 0 Å². The molecule has 0 atom stereocenters. The summed E-state index contributed by atoms with van der Waals surface area (Å²) in [5.74, 6) is -0.312. The van der Waals surface area contributed by atoms with Gasteiger partial charge in [0.1, 0.15) is 5.83 Å². The second kappa shape index (κ2) is 5.64. The Morgan fingerprint density at radius 1 is 1.15 bits per heavy atom. The molecule has 0 spiro atoms. The topological polar surface area (TPSA) is 0 Å². The van der Waals surface area contributed by atoms with Gasteiger partial charge in [0, 0.05) is 10.5 Å². The Balaban J connectivity index is 2.42. The fourth-order valence-corrected chi connectivity index (χ4v) is 2.76. The lowest BCUT2D eigenvalue weighted by Crippen LogP contribution is -2.01. The van der Waals surface area contributed by atoms with Crippen molar-refractivity contribution in [1.82, 2.24) is 0 Å². The van der Waals surface area contributed by atoms with Crippen molar-refractivity contribution in [3.8, 4) is 0 Å². The van der Waals surface area contributed by atoms with Crippen molar-refractivity contribution < 1.29 is 17.6 Å². The van der Waals surface area contributed by atoms with E-state index in [1.165, 1.54) is 12.1 Å². The molecule has 1 aliphatic carbocycles. The summed E-state index contributed by atoms with van der Waals surface area (Å²) in [5.41, 5.74) is -1.97. The highest BCUT2D eigenvalue weighted by Crippen LogP contribution is 2.40. The van der Waals surface area contributed by atoms with E-state index in [0.717, 1.165) is 5.56 Å². The van der Waals surface area contributed by atoms with Crippen LogP contribution in [-0.4, -0.2) is 5.51 Å². The maximum Gasteiger partial charge on any atom is 0.446 e. The summed E-state index contributed by atoms with van der Waals surface area (Å²) < 4.78 is 51.4. The van der Waals surface area contributed by atoms with Gasteiger partial charge in [-0.05, 0) is 67.3 Å². The molecular weight excluding hydrogens is 288 g/mol. The first kappa shape index (κ1) is 15.2. The van der Waals surface area contributed by atoms with Crippen LogP contribution in [0, 0.1) is 6.92 Å². The molecule has 0 fully saturated rings. The van der Waals surface area contributed by atoms with Gasteiger partial charge >= 0.3 is 5.51 Å². The first-order valence-corrected chi connectivity index (χ1v) is 7.02. The fourth-order valence-electron chi connectivity index (χ4n) is 2.18. The lowest BCUT2D eigenvalue weighted by atomic mass is 9.92. The molecule has 0 aliphatic heterocycles. The van der Waals surface area contributed by atoms with Crippen molar-refractivity contribution in [2.45, 2.75) is 37.1 Å². The van der Waals surface area contributed by atoms with Crippen LogP contribution in [0.4, 0.5) is 17.6 Å². The average molecular weight is 302 g/mol. The van der Waals surface area contributed by atoms with E-state index < -0.39 is 5.51 Å². The average Bonchev–Trinajstić information content (AvgIpc) is 2.34. The molecule has 0 heterocycles. The zero-order chi connectivity index (χ0) is 14.9. The molecule has 1 aliphatic rings. The molecule has 0 amide bonds. The number of hydrogen-bond acceptors (Lipinski definition) is 1. The van der Waals surface area contributed by atoms with E-state index in [2.05, 4.69) is 0 Å². The predicted molar refractivity (Wildman–Crippen MR) is 74.1 cm³/mol. The fraction of sp³-hybridized carbons (Fsp3) is 0.333. The van der Waals surface area contributed by atoms with Gasteiger partial charge in [0.05, 0.1) is 0 Å². The SMILES string of the molecule is CC1=C(F)C(c2cc(SC(F)(F)F)ccc2C)=CCC1. The smallest absolute Gasteiger partial charge is 0.206 e. The monoisotopic (exact) mass is 302 g/mol. The maximum atomic E-state index is 14.2. The third-order valence-electron chi connectivity index (χ3n) is 3.21. The number of alkyl halides is 3. The molecule has 0 N–H and O–H groups in total. The third kappa shape index (κ3) is 3.45. The number of halogens is 4. The van der Waals surface area contributed by atoms with Crippen molar-refractivity contribution in [1.29, 1.82) is 0 Å². The van der Waals surface area contributed by atoms with Gasteiger partial charge in [-0.2, -0.15) is 13.2 Å². The summed E-state index contributed by atoms with van der Waals surface area (Å²) in [5, 5.41) is 0. The normalized spacial score (nSPS) is 16.4. The Morgan fingerprint density at radius 3 is 2.50 bits per heavy atom. The maximum absolute atomic E-state index is 14.2. The van der Waals surface area contributed by atoms with E-state index >= 15 is 0 Å². The Hall–Kier alpha value is -1.23. The van der Waals surface area contributed by atoms with E-state index in [9.17, 15) is 17.6 Å². The standard InChI is InChI=1S/C15H14F4S/c1-9-6-7-11(20-15(17,18)19)8-13(9)12-5-3-4-10(2)14(12)16/h5-8H,3-4H2,1-2H3. The number of benzene rings is 1. The molecule has 2 rings (SSSR count). The van der Waals surface area contributed by atoms with Crippen LogP contribution in [0.15, 0.2) is 40.6 Å². The first-order valence-electron chi connectivity index (χ1n) is 6.20. The summed E-state index contributed by atoms with van der Waals surface area (Å²) in [6.07, 6.45) is 3.13.